The largest absolute Gasteiger partial charge is 0.480 e. The molecule has 2 atom stereocenters. The Kier molecular flexibility index (Phi) is 4.23. The molecule has 1 aliphatic carbocycles. The molecule has 0 amide bonds. The van der Waals surface area contributed by atoms with Crippen LogP contribution in [0.3, 0.4) is 0 Å². The highest BCUT2D eigenvalue weighted by Crippen LogP contribution is 2.39. The summed E-state index contributed by atoms with van der Waals surface area (Å²) in [5.74, 6) is -0.405. The number of carbonyl (C=O) groups is 1. The van der Waals surface area contributed by atoms with Crippen LogP contribution in [-0.2, 0) is 4.79 Å². The minimum Gasteiger partial charge on any atom is -0.480 e. The van der Waals surface area contributed by atoms with Crippen LogP contribution in [-0.4, -0.2) is 35.1 Å². The van der Waals surface area contributed by atoms with Crippen LogP contribution in [0.4, 0.5) is 0 Å². The van der Waals surface area contributed by atoms with Gasteiger partial charge in [-0.05, 0) is 31.2 Å². The molecular weight excluding hydrogens is 214 g/mol. The van der Waals surface area contributed by atoms with Gasteiger partial charge in [-0.1, -0.05) is 40.5 Å². The zero-order chi connectivity index (χ0) is 13.3. The van der Waals surface area contributed by atoms with Gasteiger partial charge in [-0.3, -0.25) is 9.69 Å². The second kappa shape index (κ2) is 4.97. The van der Waals surface area contributed by atoms with Gasteiger partial charge in [-0.25, -0.2) is 0 Å². The minimum atomic E-state index is -0.647. The lowest BCUT2D eigenvalue weighted by atomic mass is 9.72. The van der Waals surface area contributed by atoms with Crippen molar-refractivity contribution < 1.29 is 9.90 Å². The third kappa shape index (κ3) is 3.01. The van der Waals surface area contributed by atoms with E-state index in [0.29, 0.717) is 0 Å². The van der Waals surface area contributed by atoms with Gasteiger partial charge in [0.15, 0.2) is 0 Å². The monoisotopic (exact) mass is 241 g/mol. The molecule has 0 radical (unpaired) electrons. The van der Waals surface area contributed by atoms with Gasteiger partial charge < -0.3 is 5.11 Å². The van der Waals surface area contributed by atoms with Crippen LogP contribution in [0.2, 0.25) is 0 Å². The topological polar surface area (TPSA) is 40.5 Å². The molecule has 100 valence electrons. The summed E-state index contributed by atoms with van der Waals surface area (Å²) < 4.78 is 0. The summed E-state index contributed by atoms with van der Waals surface area (Å²) in [6.07, 6.45) is 4.02. The highest BCUT2D eigenvalue weighted by Gasteiger charge is 2.48. The minimum absolute atomic E-state index is 0.133. The molecule has 0 aromatic rings. The predicted octanol–water partition coefficient (Wildman–Crippen LogP) is 3.00. The first kappa shape index (κ1) is 14.5. The van der Waals surface area contributed by atoms with Crippen molar-refractivity contribution in [3.63, 3.8) is 0 Å². The highest BCUT2D eigenvalue weighted by molar-refractivity contribution is 5.79. The molecule has 3 heteroatoms. The molecule has 1 rings (SSSR count). The Bertz CT molecular complexity index is 282. The number of hydrogen-bond acceptors (Lipinski definition) is 2. The molecule has 0 spiro atoms. The molecule has 0 heterocycles. The molecule has 1 fully saturated rings. The Morgan fingerprint density at radius 1 is 1.41 bits per heavy atom. The van der Waals surface area contributed by atoms with Crippen LogP contribution in [0.1, 0.15) is 53.4 Å². The van der Waals surface area contributed by atoms with Gasteiger partial charge in [0, 0.05) is 6.54 Å². The summed E-state index contributed by atoms with van der Waals surface area (Å²) >= 11 is 0. The molecule has 3 nitrogen and oxygen atoms in total. The third-order valence-corrected chi connectivity index (χ3v) is 4.02. The fourth-order valence-corrected chi connectivity index (χ4v) is 3.23. The third-order valence-electron chi connectivity index (χ3n) is 4.02. The number of carboxylic acid groups (broad SMARTS) is 1. The van der Waals surface area contributed by atoms with Crippen molar-refractivity contribution in [3.05, 3.63) is 0 Å². The lowest BCUT2D eigenvalue weighted by Gasteiger charge is -2.47. The SMILES string of the molecule is CC1CCCCC1(C(=O)O)N(C)CC(C)(C)C. The first-order valence-electron chi connectivity index (χ1n) is 6.65. The van der Waals surface area contributed by atoms with Crippen molar-refractivity contribution >= 4 is 5.97 Å². The van der Waals surface area contributed by atoms with Crippen LogP contribution in [0.15, 0.2) is 0 Å². The molecular formula is C14H27NO2. The lowest BCUT2D eigenvalue weighted by Crippen LogP contribution is -2.60. The van der Waals surface area contributed by atoms with Crippen molar-refractivity contribution in [2.45, 2.75) is 58.9 Å². The first-order valence-corrected chi connectivity index (χ1v) is 6.65. The molecule has 2 unspecified atom stereocenters. The number of carboxylic acids is 1. The summed E-state index contributed by atoms with van der Waals surface area (Å²) in [4.78, 5) is 13.9. The summed E-state index contributed by atoms with van der Waals surface area (Å²) in [5, 5.41) is 9.68. The van der Waals surface area contributed by atoms with E-state index >= 15 is 0 Å². The average Bonchev–Trinajstić information content (AvgIpc) is 2.15. The van der Waals surface area contributed by atoms with E-state index in [1.165, 1.54) is 6.42 Å². The molecule has 1 aliphatic rings. The van der Waals surface area contributed by atoms with E-state index in [9.17, 15) is 9.90 Å². The van der Waals surface area contributed by atoms with E-state index in [1.807, 2.05) is 7.05 Å². The van der Waals surface area contributed by atoms with E-state index in [2.05, 4.69) is 32.6 Å². The molecule has 17 heavy (non-hydrogen) atoms. The Balaban J connectivity index is 2.94. The zero-order valence-electron chi connectivity index (χ0n) is 11.9. The summed E-state index contributed by atoms with van der Waals surface area (Å²) in [6.45, 7) is 9.39. The molecule has 0 bridgehead atoms. The Hall–Kier alpha value is -0.570. The van der Waals surface area contributed by atoms with Gasteiger partial charge in [-0.15, -0.1) is 0 Å². The van der Waals surface area contributed by atoms with E-state index < -0.39 is 11.5 Å². The second-order valence-electron chi connectivity index (χ2n) is 6.79. The number of hydrogen-bond donors (Lipinski definition) is 1. The van der Waals surface area contributed by atoms with Gasteiger partial charge in [0.05, 0.1) is 0 Å². The number of aliphatic carboxylic acids is 1. The maximum atomic E-state index is 11.8. The van der Waals surface area contributed by atoms with Crippen LogP contribution in [0.25, 0.3) is 0 Å². The molecule has 1 saturated carbocycles. The fraction of sp³-hybridized carbons (Fsp3) is 0.929. The Morgan fingerprint density at radius 2 is 2.00 bits per heavy atom. The van der Waals surface area contributed by atoms with Crippen LogP contribution >= 0.6 is 0 Å². The van der Waals surface area contributed by atoms with Crippen LogP contribution < -0.4 is 0 Å². The Labute approximate surface area is 105 Å². The standard InChI is InChI=1S/C14H27NO2/c1-11-8-6-7-9-14(11,12(16)17)15(5)10-13(2,3)4/h11H,6-10H2,1-5H3,(H,16,17). The van der Waals surface area contributed by atoms with Gasteiger partial charge >= 0.3 is 5.97 Å². The van der Waals surface area contributed by atoms with Gasteiger partial charge in [-0.2, -0.15) is 0 Å². The maximum Gasteiger partial charge on any atom is 0.324 e. The van der Waals surface area contributed by atoms with Crippen LogP contribution in [0, 0.1) is 11.3 Å². The van der Waals surface area contributed by atoms with E-state index in [0.717, 1.165) is 25.8 Å². The first-order chi connectivity index (χ1) is 7.70. The van der Waals surface area contributed by atoms with Gasteiger partial charge in [0.2, 0.25) is 0 Å². The smallest absolute Gasteiger partial charge is 0.324 e. The normalized spacial score (nSPS) is 30.6. The average molecular weight is 241 g/mol. The predicted molar refractivity (Wildman–Crippen MR) is 70.1 cm³/mol. The lowest BCUT2D eigenvalue weighted by molar-refractivity contribution is -0.158. The molecule has 1 N–H and O–H groups in total. The molecule has 0 aromatic heterocycles. The quantitative estimate of drug-likeness (QED) is 0.825. The molecule has 0 aromatic carbocycles. The van der Waals surface area contributed by atoms with Crippen LogP contribution in [0.5, 0.6) is 0 Å². The van der Waals surface area contributed by atoms with Crippen molar-refractivity contribution in [1.82, 2.24) is 4.90 Å². The molecule has 0 aliphatic heterocycles. The summed E-state index contributed by atoms with van der Waals surface area (Å²) in [5.41, 5.74) is -0.514. The Morgan fingerprint density at radius 3 is 2.41 bits per heavy atom. The van der Waals surface area contributed by atoms with E-state index in [4.69, 9.17) is 0 Å². The fourth-order valence-electron chi connectivity index (χ4n) is 3.23. The van der Waals surface area contributed by atoms with Gasteiger partial charge in [0.25, 0.3) is 0 Å². The second-order valence-corrected chi connectivity index (χ2v) is 6.79. The van der Waals surface area contributed by atoms with E-state index in [1.54, 1.807) is 0 Å². The van der Waals surface area contributed by atoms with Crippen molar-refractivity contribution in [3.8, 4) is 0 Å². The van der Waals surface area contributed by atoms with E-state index in [-0.39, 0.29) is 11.3 Å². The van der Waals surface area contributed by atoms with Crippen molar-refractivity contribution in [2.75, 3.05) is 13.6 Å². The zero-order valence-corrected chi connectivity index (χ0v) is 11.9. The number of likely N-dealkylation sites (N-methyl/N-ethyl adjacent to an activating group) is 1. The highest BCUT2D eigenvalue weighted by atomic mass is 16.4. The van der Waals surface area contributed by atoms with Gasteiger partial charge in [0.1, 0.15) is 5.54 Å². The summed E-state index contributed by atoms with van der Waals surface area (Å²) in [7, 11) is 1.97. The van der Waals surface area contributed by atoms with Crippen molar-refractivity contribution in [2.24, 2.45) is 11.3 Å². The molecule has 0 saturated heterocycles. The summed E-state index contributed by atoms with van der Waals surface area (Å²) in [6, 6.07) is 0. The number of rotatable bonds is 3. The van der Waals surface area contributed by atoms with Crippen molar-refractivity contribution in [1.29, 1.82) is 0 Å². The number of nitrogens with zero attached hydrogens (tertiary/aromatic N) is 1. The maximum absolute atomic E-state index is 11.8.